The van der Waals surface area contributed by atoms with E-state index in [4.69, 9.17) is 16.0 Å². The molecule has 0 atom stereocenters. The predicted molar refractivity (Wildman–Crippen MR) is 92.9 cm³/mol. The van der Waals surface area contributed by atoms with Crippen LogP contribution < -0.4 is 5.32 Å². The van der Waals surface area contributed by atoms with Crippen molar-refractivity contribution in [2.45, 2.75) is 19.8 Å². The highest BCUT2D eigenvalue weighted by atomic mass is 35.5. The predicted octanol–water partition coefficient (Wildman–Crippen LogP) is 4.80. The van der Waals surface area contributed by atoms with Crippen LogP contribution in [0.5, 0.6) is 0 Å². The molecule has 0 fully saturated rings. The van der Waals surface area contributed by atoms with Crippen molar-refractivity contribution in [2.24, 2.45) is 0 Å². The number of fused-ring (bicyclic) bond motifs is 1. The highest BCUT2D eigenvalue weighted by molar-refractivity contribution is 6.29. The Morgan fingerprint density at radius 3 is 2.83 bits per heavy atom. The van der Waals surface area contributed by atoms with Crippen molar-refractivity contribution in [3.63, 3.8) is 0 Å². The van der Waals surface area contributed by atoms with Crippen molar-refractivity contribution in [2.75, 3.05) is 11.2 Å². The van der Waals surface area contributed by atoms with Crippen LogP contribution in [0.1, 0.15) is 25.3 Å². The zero-order chi connectivity index (χ0) is 16.4. The Morgan fingerprint density at radius 1 is 1.26 bits per heavy atom. The Balaban J connectivity index is 1.96. The lowest BCUT2D eigenvalue weighted by atomic mass is 10.0. The summed E-state index contributed by atoms with van der Waals surface area (Å²) in [5.41, 5.74) is 4.28. The molecule has 1 aromatic heterocycles. The fourth-order valence-corrected chi connectivity index (χ4v) is 2.42. The molecular formula is C18H17ClN2O2. The van der Waals surface area contributed by atoms with Crippen LogP contribution >= 0.6 is 11.6 Å². The van der Waals surface area contributed by atoms with E-state index in [1.807, 2.05) is 30.3 Å². The monoisotopic (exact) mass is 328 g/mol. The smallest absolute Gasteiger partial charge is 0.239 e. The average Bonchev–Trinajstić information content (AvgIpc) is 2.98. The minimum absolute atomic E-state index is 0.0783. The third-order valence-electron chi connectivity index (χ3n) is 3.59. The molecule has 0 aliphatic rings. The molecule has 0 saturated heterocycles. The molecule has 0 bridgehead atoms. The van der Waals surface area contributed by atoms with E-state index in [2.05, 4.69) is 30.2 Å². The van der Waals surface area contributed by atoms with E-state index < -0.39 is 0 Å². The SMILES string of the molecule is CC(C)c1ccc2oc(-c3cccc(NC(=O)CCl)c3)nc2c1. The molecule has 0 aliphatic carbocycles. The summed E-state index contributed by atoms with van der Waals surface area (Å²) < 4.78 is 5.83. The van der Waals surface area contributed by atoms with Crippen molar-refractivity contribution in [1.29, 1.82) is 0 Å². The maximum atomic E-state index is 11.4. The van der Waals surface area contributed by atoms with Crippen molar-refractivity contribution in [3.05, 3.63) is 48.0 Å². The Labute approximate surface area is 139 Å². The number of oxazole rings is 1. The van der Waals surface area contributed by atoms with Gasteiger partial charge in [0.15, 0.2) is 5.58 Å². The first kappa shape index (κ1) is 15.6. The molecule has 1 N–H and O–H groups in total. The molecule has 0 spiro atoms. The summed E-state index contributed by atoms with van der Waals surface area (Å²) in [5, 5.41) is 2.72. The summed E-state index contributed by atoms with van der Waals surface area (Å²) in [7, 11) is 0. The molecule has 0 radical (unpaired) electrons. The van der Waals surface area contributed by atoms with Crippen LogP contribution in [0.4, 0.5) is 5.69 Å². The highest BCUT2D eigenvalue weighted by Gasteiger charge is 2.11. The number of carbonyl (C=O) groups excluding carboxylic acids is 1. The summed E-state index contributed by atoms with van der Waals surface area (Å²) >= 11 is 5.51. The minimum atomic E-state index is -0.247. The Hall–Kier alpha value is -2.33. The molecule has 0 saturated carbocycles. The summed E-state index contributed by atoms with van der Waals surface area (Å²) in [6.07, 6.45) is 0. The number of hydrogen-bond donors (Lipinski definition) is 1. The van der Waals surface area contributed by atoms with Gasteiger partial charge in [0.1, 0.15) is 11.4 Å². The van der Waals surface area contributed by atoms with E-state index in [-0.39, 0.29) is 11.8 Å². The Bertz CT molecular complexity index is 855. The number of carbonyl (C=O) groups is 1. The van der Waals surface area contributed by atoms with Crippen LogP contribution in [-0.4, -0.2) is 16.8 Å². The molecule has 118 valence electrons. The van der Waals surface area contributed by atoms with Crippen molar-refractivity contribution >= 4 is 34.3 Å². The third kappa shape index (κ3) is 3.37. The first-order valence-corrected chi connectivity index (χ1v) is 7.97. The van der Waals surface area contributed by atoms with E-state index in [9.17, 15) is 4.79 Å². The van der Waals surface area contributed by atoms with Crippen LogP contribution in [0.25, 0.3) is 22.6 Å². The van der Waals surface area contributed by atoms with Crippen molar-refractivity contribution in [3.8, 4) is 11.5 Å². The van der Waals surface area contributed by atoms with E-state index >= 15 is 0 Å². The second-order valence-corrected chi connectivity index (χ2v) is 5.93. The summed E-state index contributed by atoms with van der Waals surface area (Å²) in [4.78, 5) is 16.0. The molecule has 0 aliphatic heterocycles. The number of alkyl halides is 1. The van der Waals surface area contributed by atoms with Gasteiger partial charge < -0.3 is 9.73 Å². The number of nitrogens with zero attached hydrogens (tertiary/aromatic N) is 1. The first-order valence-electron chi connectivity index (χ1n) is 7.43. The molecule has 5 heteroatoms. The number of halogens is 1. The number of amides is 1. The summed E-state index contributed by atoms with van der Waals surface area (Å²) in [5.74, 6) is 0.643. The van der Waals surface area contributed by atoms with Gasteiger partial charge in [0, 0.05) is 11.3 Å². The molecule has 1 heterocycles. The molecular weight excluding hydrogens is 312 g/mol. The Kier molecular flexibility index (Phi) is 4.35. The summed E-state index contributed by atoms with van der Waals surface area (Å²) in [6, 6.07) is 13.4. The van der Waals surface area contributed by atoms with Crippen LogP contribution in [0.15, 0.2) is 46.9 Å². The van der Waals surface area contributed by atoms with Crippen molar-refractivity contribution in [1.82, 2.24) is 4.98 Å². The van der Waals surface area contributed by atoms with E-state index in [1.165, 1.54) is 5.56 Å². The van der Waals surface area contributed by atoms with E-state index in [0.29, 0.717) is 17.5 Å². The van der Waals surface area contributed by atoms with Crippen LogP contribution in [0, 0.1) is 0 Å². The minimum Gasteiger partial charge on any atom is -0.436 e. The van der Waals surface area contributed by atoms with Gasteiger partial charge in [-0.1, -0.05) is 26.0 Å². The second-order valence-electron chi connectivity index (χ2n) is 5.66. The number of anilines is 1. The van der Waals surface area contributed by atoms with E-state index in [0.717, 1.165) is 16.7 Å². The largest absolute Gasteiger partial charge is 0.436 e. The average molecular weight is 329 g/mol. The van der Waals surface area contributed by atoms with Gasteiger partial charge in [-0.2, -0.15) is 0 Å². The molecule has 4 nitrogen and oxygen atoms in total. The van der Waals surface area contributed by atoms with Gasteiger partial charge in [-0.3, -0.25) is 4.79 Å². The molecule has 23 heavy (non-hydrogen) atoms. The number of benzene rings is 2. The second kappa shape index (κ2) is 6.42. The van der Waals surface area contributed by atoms with Gasteiger partial charge in [0.2, 0.25) is 11.8 Å². The van der Waals surface area contributed by atoms with Crippen LogP contribution in [-0.2, 0) is 4.79 Å². The zero-order valence-corrected chi connectivity index (χ0v) is 13.7. The number of rotatable bonds is 4. The molecule has 2 aromatic carbocycles. The number of hydrogen-bond acceptors (Lipinski definition) is 3. The van der Waals surface area contributed by atoms with Gasteiger partial charge in [0.25, 0.3) is 0 Å². The summed E-state index contributed by atoms with van der Waals surface area (Å²) in [6.45, 7) is 4.29. The normalized spacial score (nSPS) is 11.1. The lowest BCUT2D eigenvalue weighted by molar-refractivity contribution is -0.113. The van der Waals surface area contributed by atoms with Gasteiger partial charge in [-0.05, 0) is 41.8 Å². The topological polar surface area (TPSA) is 55.1 Å². The lowest BCUT2D eigenvalue weighted by Gasteiger charge is -2.03. The number of nitrogens with one attached hydrogen (secondary N) is 1. The van der Waals surface area contributed by atoms with Gasteiger partial charge >= 0.3 is 0 Å². The fourth-order valence-electron chi connectivity index (χ4n) is 2.35. The van der Waals surface area contributed by atoms with Crippen LogP contribution in [0.2, 0.25) is 0 Å². The molecule has 3 aromatic rings. The first-order chi connectivity index (χ1) is 11.1. The van der Waals surface area contributed by atoms with Gasteiger partial charge in [-0.25, -0.2) is 4.98 Å². The lowest BCUT2D eigenvalue weighted by Crippen LogP contribution is -2.12. The quantitative estimate of drug-likeness (QED) is 0.700. The zero-order valence-electron chi connectivity index (χ0n) is 13.0. The number of aromatic nitrogens is 1. The Morgan fingerprint density at radius 2 is 2.09 bits per heavy atom. The third-order valence-corrected chi connectivity index (χ3v) is 3.84. The maximum absolute atomic E-state index is 11.4. The van der Waals surface area contributed by atoms with E-state index in [1.54, 1.807) is 6.07 Å². The van der Waals surface area contributed by atoms with Gasteiger partial charge in [0.05, 0.1) is 0 Å². The van der Waals surface area contributed by atoms with Crippen molar-refractivity contribution < 1.29 is 9.21 Å². The maximum Gasteiger partial charge on any atom is 0.239 e. The van der Waals surface area contributed by atoms with Crippen LogP contribution in [0.3, 0.4) is 0 Å². The standard InChI is InChI=1S/C18H17ClN2O2/c1-11(2)12-6-7-16-15(9-12)21-18(23-16)13-4-3-5-14(8-13)20-17(22)10-19/h3-9,11H,10H2,1-2H3,(H,20,22). The molecule has 1 amide bonds. The highest BCUT2D eigenvalue weighted by Crippen LogP contribution is 2.28. The molecule has 3 rings (SSSR count). The van der Waals surface area contributed by atoms with Gasteiger partial charge in [-0.15, -0.1) is 11.6 Å². The fraction of sp³-hybridized carbons (Fsp3) is 0.222. The molecule has 0 unspecified atom stereocenters.